The van der Waals surface area contributed by atoms with Crippen LogP contribution < -0.4 is 0 Å². The van der Waals surface area contributed by atoms with Crippen LogP contribution in [-0.2, 0) is 7.05 Å². The van der Waals surface area contributed by atoms with Crippen LogP contribution in [0.4, 0.5) is 0 Å². The minimum Gasteiger partial charge on any atom is -0.297 e. The summed E-state index contributed by atoms with van der Waals surface area (Å²) in [5.74, 6) is 0.455. The summed E-state index contributed by atoms with van der Waals surface area (Å²) >= 11 is 0. The molecule has 1 aromatic carbocycles. The van der Waals surface area contributed by atoms with E-state index in [1.807, 2.05) is 36.1 Å². The van der Waals surface area contributed by atoms with Crippen LogP contribution in [0.15, 0.2) is 24.4 Å². The number of benzene rings is 1. The van der Waals surface area contributed by atoms with Gasteiger partial charge in [-0.15, -0.1) is 0 Å². The first kappa shape index (κ1) is 10.6. The molecule has 2 aromatic rings. The molecule has 1 aromatic heterocycles. The SMILES string of the molecule is CC(C)c1ccc(C#N)cc1-c1cn(C)[nH]1. The van der Waals surface area contributed by atoms with Crippen molar-refractivity contribution < 1.29 is 0 Å². The van der Waals surface area contributed by atoms with Gasteiger partial charge in [-0.05, 0) is 23.6 Å². The van der Waals surface area contributed by atoms with Crippen molar-refractivity contribution in [3.8, 4) is 17.3 Å². The molecule has 0 aliphatic carbocycles. The molecule has 0 amide bonds. The van der Waals surface area contributed by atoms with Crippen molar-refractivity contribution in [1.82, 2.24) is 9.78 Å². The fraction of sp³-hybridized carbons (Fsp3) is 0.308. The van der Waals surface area contributed by atoms with E-state index in [-0.39, 0.29) is 0 Å². The molecule has 0 bridgehead atoms. The zero-order valence-corrected chi connectivity index (χ0v) is 9.78. The summed E-state index contributed by atoms with van der Waals surface area (Å²) in [5.41, 5.74) is 4.19. The zero-order chi connectivity index (χ0) is 11.7. The molecule has 0 aliphatic rings. The largest absolute Gasteiger partial charge is 0.297 e. The van der Waals surface area contributed by atoms with Gasteiger partial charge in [0.15, 0.2) is 0 Å². The van der Waals surface area contributed by atoms with Gasteiger partial charge in [-0.2, -0.15) is 5.26 Å². The second-order valence-electron chi connectivity index (χ2n) is 4.33. The molecule has 0 saturated carbocycles. The van der Waals surface area contributed by atoms with Gasteiger partial charge in [-0.25, -0.2) is 0 Å². The molecule has 0 aliphatic heterocycles. The van der Waals surface area contributed by atoms with E-state index in [2.05, 4.69) is 25.0 Å². The molecular formula is C13H15N3. The zero-order valence-electron chi connectivity index (χ0n) is 9.78. The van der Waals surface area contributed by atoms with Crippen molar-refractivity contribution >= 4 is 0 Å². The van der Waals surface area contributed by atoms with Crippen molar-refractivity contribution in [3.63, 3.8) is 0 Å². The smallest absolute Gasteiger partial charge is 0.0991 e. The van der Waals surface area contributed by atoms with Crippen LogP contribution >= 0.6 is 0 Å². The van der Waals surface area contributed by atoms with Crippen molar-refractivity contribution in [1.29, 1.82) is 5.26 Å². The highest BCUT2D eigenvalue weighted by Gasteiger charge is 2.12. The highest BCUT2D eigenvalue weighted by molar-refractivity contribution is 5.66. The van der Waals surface area contributed by atoms with E-state index in [9.17, 15) is 0 Å². The van der Waals surface area contributed by atoms with Crippen LogP contribution in [0.25, 0.3) is 11.3 Å². The van der Waals surface area contributed by atoms with E-state index < -0.39 is 0 Å². The van der Waals surface area contributed by atoms with Gasteiger partial charge in [0, 0.05) is 18.8 Å². The van der Waals surface area contributed by atoms with Crippen LogP contribution in [0.5, 0.6) is 0 Å². The number of hydrogen-bond donors (Lipinski definition) is 1. The summed E-state index contributed by atoms with van der Waals surface area (Å²) in [6, 6.07) is 8.04. The highest BCUT2D eigenvalue weighted by Crippen LogP contribution is 2.29. The Hall–Kier alpha value is -1.95. The number of rotatable bonds is 2. The van der Waals surface area contributed by atoms with Gasteiger partial charge >= 0.3 is 0 Å². The molecule has 0 spiro atoms. The number of aromatic amines is 1. The average molecular weight is 213 g/mol. The van der Waals surface area contributed by atoms with Crippen molar-refractivity contribution in [2.24, 2.45) is 7.05 Å². The van der Waals surface area contributed by atoms with Crippen LogP contribution in [0.2, 0.25) is 0 Å². The Balaban J connectivity index is 2.53. The van der Waals surface area contributed by atoms with Gasteiger partial charge in [0.2, 0.25) is 0 Å². The second-order valence-corrected chi connectivity index (χ2v) is 4.33. The van der Waals surface area contributed by atoms with Crippen LogP contribution in [0.3, 0.4) is 0 Å². The normalized spacial score (nSPS) is 10.7. The number of aromatic nitrogens is 2. The van der Waals surface area contributed by atoms with Crippen molar-refractivity contribution in [2.75, 3.05) is 0 Å². The summed E-state index contributed by atoms with van der Waals surface area (Å²) in [5, 5.41) is 12.1. The predicted molar refractivity (Wildman–Crippen MR) is 64.0 cm³/mol. The van der Waals surface area contributed by atoms with Gasteiger partial charge in [-0.1, -0.05) is 19.9 Å². The van der Waals surface area contributed by atoms with E-state index in [0.29, 0.717) is 11.5 Å². The standard InChI is InChI=1S/C13H15N3/c1-9(2)11-5-4-10(7-14)6-12(11)13-8-16(3)15-13/h4-6,8-9,15H,1-3H3. The molecule has 16 heavy (non-hydrogen) atoms. The molecule has 3 heteroatoms. The van der Waals surface area contributed by atoms with E-state index in [4.69, 9.17) is 5.26 Å². The molecule has 0 unspecified atom stereocenters. The number of aryl methyl sites for hydroxylation is 1. The third-order valence-electron chi connectivity index (χ3n) is 2.71. The monoisotopic (exact) mass is 213 g/mol. The fourth-order valence-electron chi connectivity index (χ4n) is 1.87. The minimum atomic E-state index is 0.455. The predicted octanol–water partition coefficient (Wildman–Crippen LogP) is 3.02. The Morgan fingerprint density at radius 3 is 2.56 bits per heavy atom. The number of nitrogens with zero attached hydrogens (tertiary/aromatic N) is 2. The number of H-pyrrole nitrogens is 1. The van der Waals surface area contributed by atoms with Gasteiger partial charge < -0.3 is 0 Å². The molecule has 0 radical (unpaired) electrons. The molecule has 1 heterocycles. The van der Waals surface area contributed by atoms with Gasteiger partial charge in [0.1, 0.15) is 0 Å². The molecule has 82 valence electrons. The van der Waals surface area contributed by atoms with E-state index >= 15 is 0 Å². The lowest BCUT2D eigenvalue weighted by Crippen LogP contribution is -2.06. The molecule has 3 nitrogen and oxygen atoms in total. The molecule has 0 saturated heterocycles. The van der Waals surface area contributed by atoms with E-state index in [0.717, 1.165) is 11.3 Å². The Bertz CT molecular complexity index is 526. The van der Waals surface area contributed by atoms with E-state index in [1.54, 1.807) is 0 Å². The lowest BCUT2D eigenvalue weighted by molar-refractivity contribution is 0.697. The Morgan fingerprint density at radius 2 is 2.06 bits per heavy atom. The number of nitriles is 1. The maximum atomic E-state index is 8.92. The quantitative estimate of drug-likeness (QED) is 0.818. The average Bonchev–Trinajstić information content (AvgIpc) is 2.23. The maximum Gasteiger partial charge on any atom is 0.0991 e. The summed E-state index contributed by atoms with van der Waals surface area (Å²) in [7, 11) is 1.95. The van der Waals surface area contributed by atoms with Crippen LogP contribution in [0, 0.1) is 11.3 Å². The molecule has 0 fully saturated rings. The Morgan fingerprint density at radius 1 is 1.38 bits per heavy atom. The van der Waals surface area contributed by atoms with Gasteiger partial charge in [0.25, 0.3) is 0 Å². The third kappa shape index (κ3) is 1.74. The van der Waals surface area contributed by atoms with Crippen LogP contribution in [-0.4, -0.2) is 9.78 Å². The van der Waals surface area contributed by atoms with Crippen molar-refractivity contribution in [3.05, 3.63) is 35.5 Å². The Kier molecular flexibility index (Phi) is 2.57. The molecule has 0 atom stereocenters. The summed E-state index contributed by atoms with van der Waals surface area (Å²) in [6.45, 7) is 4.32. The second kappa shape index (κ2) is 3.90. The lowest BCUT2D eigenvalue weighted by Gasteiger charge is -2.17. The third-order valence-corrected chi connectivity index (χ3v) is 2.71. The molecule has 1 N–H and O–H groups in total. The van der Waals surface area contributed by atoms with Gasteiger partial charge in [-0.3, -0.25) is 9.78 Å². The molecular weight excluding hydrogens is 198 g/mol. The fourth-order valence-corrected chi connectivity index (χ4v) is 1.87. The molecule has 2 rings (SSSR count). The topological polar surface area (TPSA) is 44.5 Å². The number of hydrogen-bond acceptors (Lipinski definition) is 1. The first-order valence-electron chi connectivity index (χ1n) is 5.37. The van der Waals surface area contributed by atoms with E-state index in [1.165, 1.54) is 5.56 Å². The lowest BCUT2D eigenvalue weighted by atomic mass is 9.94. The number of nitrogens with one attached hydrogen (secondary N) is 1. The minimum absolute atomic E-state index is 0.455. The highest BCUT2D eigenvalue weighted by atomic mass is 15.3. The summed E-state index contributed by atoms with van der Waals surface area (Å²) in [4.78, 5) is 0. The Labute approximate surface area is 95.3 Å². The van der Waals surface area contributed by atoms with Crippen molar-refractivity contribution in [2.45, 2.75) is 19.8 Å². The van der Waals surface area contributed by atoms with Crippen LogP contribution in [0.1, 0.15) is 30.9 Å². The summed E-state index contributed by atoms with van der Waals surface area (Å²) < 4.78 is 1.90. The maximum absolute atomic E-state index is 8.92. The first-order valence-corrected chi connectivity index (χ1v) is 5.37. The summed E-state index contributed by atoms with van der Waals surface area (Å²) in [6.07, 6.45) is 2.03. The first-order chi connectivity index (χ1) is 7.61. The van der Waals surface area contributed by atoms with Gasteiger partial charge in [0.05, 0.1) is 17.3 Å².